The molecule has 20 heavy (non-hydrogen) atoms. The largest absolute Gasteiger partial charge is 0.325 e. The molecule has 0 aliphatic carbocycles. The molecule has 0 radical (unpaired) electrons. The van der Waals surface area contributed by atoms with E-state index >= 15 is 0 Å². The number of anilines is 1. The van der Waals surface area contributed by atoms with Gasteiger partial charge >= 0.3 is 0 Å². The molecule has 110 valence electrons. The van der Waals surface area contributed by atoms with Crippen molar-refractivity contribution in [3.05, 3.63) is 28.8 Å². The first-order chi connectivity index (χ1) is 9.60. The van der Waals surface area contributed by atoms with Crippen LogP contribution < -0.4 is 10.6 Å². The Morgan fingerprint density at radius 3 is 2.80 bits per heavy atom. The fraction of sp³-hybridized carbons (Fsp3) is 0.533. The van der Waals surface area contributed by atoms with Crippen molar-refractivity contribution >= 4 is 23.2 Å². The van der Waals surface area contributed by atoms with Gasteiger partial charge in [-0.2, -0.15) is 0 Å². The van der Waals surface area contributed by atoms with E-state index in [9.17, 15) is 4.79 Å². The minimum atomic E-state index is 0.0188. The maximum atomic E-state index is 12.1. The molecule has 1 aliphatic heterocycles. The quantitative estimate of drug-likeness (QED) is 0.846. The number of halogens is 1. The van der Waals surface area contributed by atoms with Gasteiger partial charge in [0.15, 0.2) is 0 Å². The summed E-state index contributed by atoms with van der Waals surface area (Å²) in [5.74, 6) is 0.0188. The van der Waals surface area contributed by atoms with Gasteiger partial charge in [-0.3, -0.25) is 9.69 Å². The number of aryl methyl sites for hydroxylation is 1. The maximum absolute atomic E-state index is 12.1. The summed E-state index contributed by atoms with van der Waals surface area (Å²) in [5.41, 5.74) is 1.77. The highest BCUT2D eigenvalue weighted by molar-refractivity contribution is 6.31. The van der Waals surface area contributed by atoms with Crippen molar-refractivity contribution in [1.29, 1.82) is 0 Å². The molecule has 0 aromatic heterocycles. The molecule has 5 heteroatoms. The molecule has 1 aliphatic rings. The third-order valence-electron chi connectivity index (χ3n) is 3.59. The fourth-order valence-corrected chi connectivity index (χ4v) is 2.45. The van der Waals surface area contributed by atoms with Crippen LogP contribution >= 0.6 is 11.6 Å². The molecule has 1 saturated heterocycles. The maximum Gasteiger partial charge on any atom is 0.238 e. The monoisotopic (exact) mass is 295 g/mol. The summed E-state index contributed by atoms with van der Waals surface area (Å²) in [6, 6.07) is 6.08. The molecule has 1 fully saturated rings. The lowest BCUT2D eigenvalue weighted by atomic mass is 10.1. The summed E-state index contributed by atoms with van der Waals surface area (Å²) in [6.45, 7) is 7.42. The minimum absolute atomic E-state index is 0.0188. The van der Waals surface area contributed by atoms with Crippen molar-refractivity contribution in [2.75, 3.05) is 31.5 Å². The molecule has 4 nitrogen and oxygen atoms in total. The number of rotatable bonds is 6. The van der Waals surface area contributed by atoms with E-state index in [4.69, 9.17) is 11.6 Å². The molecule has 1 aromatic carbocycles. The first-order valence-electron chi connectivity index (χ1n) is 7.11. The van der Waals surface area contributed by atoms with E-state index in [1.165, 1.54) is 0 Å². The highest BCUT2D eigenvalue weighted by Crippen LogP contribution is 2.20. The zero-order chi connectivity index (χ0) is 14.5. The smallest absolute Gasteiger partial charge is 0.238 e. The molecular weight excluding hydrogens is 274 g/mol. The molecule has 1 heterocycles. The van der Waals surface area contributed by atoms with E-state index in [0.29, 0.717) is 17.6 Å². The molecule has 2 N–H and O–H groups in total. The number of carbonyl (C=O) groups excluding carboxylic acids is 1. The predicted molar refractivity (Wildman–Crippen MR) is 83.3 cm³/mol. The van der Waals surface area contributed by atoms with Gasteiger partial charge in [-0.15, -0.1) is 0 Å². The number of amides is 1. The Hall–Kier alpha value is -1.10. The zero-order valence-electron chi connectivity index (χ0n) is 12.1. The molecule has 1 amide bonds. The molecule has 0 bridgehead atoms. The molecule has 0 unspecified atom stereocenters. The Kier molecular flexibility index (Phi) is 5.40. The van der Waals surface area contributed by atoms with Crippen LogP contribution in [0.2, 0.25) is 5.02 Å². The van der Waals surface area contributed by atoms with Crippen molar-refractivity contribution in [2.24, 2.45) is 0 Å². The van der Waals surface area contributed by atoms with E-state index < -0.39 is 0 Å². The summed E-state index contributed by atoms with van der Waals surface area (Å²) < 4.78 is 0. The van der Waals surface area contributed by atoms with Gasteiger partial charge in [0.2, 0.25) is 5.91 Å². The SMILES string of the molecule is CCCN(CC(=O)Nc1ccc(C)c(Cl)c1)C1CNC1. The molecule has 1 aromatic rings. The molecule has 0 spiro atoms. The Labute approximate surface area is 125 Å². The van der Waals surface area contributed by atoms with E-state index in [0.717, 1.165) is 37.3 Å². The minimum Gasteiger partial charge on any atom is -0.325 e. The number of nitrogens with zero attached hydrogens (tertiary/aromatic N) is 1. The Bertz CT molecular complexity index is 474. The van der Waals surface area contributed by atoms with Crippen LogP contribution in [0.15, 0.2) is 18.2 Å². The summed E-state index contributed by atoms with van der Waals surface area (Å²) in [6.07, 6.45) is 1.06. The Morgan fingerprint density at radius 2 is 2.25 bits per heavy atom. The van der Waals surface area contributed by atoms with Gasteiger partial charge in [-0.05, 0) is 37.6 Å². The van der Waals surface area contributed by atoms with Crippen molar-refractivity contribution in [1.82, 2.24) is 10.2 Å². The Morgan fingerprint density at radius 1 is 1.50 bits per heavy atom. The Balaban J connectivity index is 1.91. The number of hydrogen-bond donors (Lipinski definition) is 2. The fourth-order valence-electron chi connectivity index (χ4n) is 2.27. The average molecular weight is 296 g/mol. The van der Waals surface area contributed by atoms with E-state index in [1.54, 1.807) is 6.07 Å². The van der Waals surface area contributed by atoms with Crippen LogP contribution in [0.25, 0.3) is 0 Å². The first kappa shape index (κ1) is 15.3. The second-order valence-corrected chi connectivity index (χ2v) is 5.70. The van der Waals surface area contributed by atoms with Crippen molar-refractivity contribution in [2.45, 2.75) is 26.3 Å². The van der Waals surface area contributed by atoms with E-state index in [1.807, 2.05) is 19.1 Å². The molecule has 0 saturated carbocycles. The van der Waals surface area contributed by atoms with Crippen LogP contribution in [-0.4, -0.2) is 43.0 Å². The lowest BCUT2D eigenvalue weighted by molar-refractivity contribution is -0.118. The lowest BCUT2D eigenvalue weighted by Crippen LogP contribution is -2.58. The number of hydrogen-bond acceptors (Lipinski definition) is 3. The van der Waals surface area contributed by atoms with Crippen molar-refractivity contribution in [3.8, 4) is 0 Å². The molecule has 2 rings (SSSR count). The highest BCUT2D eigenvalue weighted by atomic mass is 35.5. The van der Waals surface area contributed by atoms with Crippen molar-refractivity contribution < 1.29 is 4.79 Å². The second-order valence-electron chi connectivity index (χ2n) is 5.29. The van der Waals surface area contributed by atoms with Gasteiger partial charge in [0.05, 0.1) is 6.54 Å². The van der Waals surface area contributed by atoms with Crippen LogP contribution in [0, 0.1) is 6.92 Å². The van der Waals surface area contributed by atoms with Crippen LogP contribution in [-0.2, 0) is 4.79 Å². The van der Waals surface area contributed by atoms with E-state index in [2.05, 4.69) is 22.5 Å². The third-order valence-corrected chi connectivity index (χ3v) is 4.00. The normalized spacial score (nSPS) is 15.2. The van der Waals surface area contributed by atoms with Gasteiger partial charge in [-0.25, -0.2) is 0 Å². The number of carbonyl (C=O) groups is 1. The van der Waals surface area contributed by atoms with Gasteiger partial charge in [-0.1, -0.05) is 24.6 Å². The topological polar surface area (TPSA) is 44.4 Å². The molecular formula is C15H22ClN3O. The zero-order valence-corrected chi connectivity index (χ0v) is 12.8. The van der Waals surface area contributed by atoms with E-state index in [-0.39, 0.29) is 5.91 Å². The standard InChI is InChI=1S/C15H22ClN3O/c1-3-6-19(13-8-17-9-13)10-15(20)18-12-5-4-11(2)14(16)7-12/h4-5,7,13,17H,3,6,8-10H2,1-2H3,(H,18,20). The van der Waals surface area contributed by atoms with Gasteiger partial charge in [0.25, 0.3) is 0 Å². The van der Waals surface area contributed by atoms with Crippen LogP contribution in [0.1, 0.15) is 18.9 Å². The summed E-state index contributed by atoms with van der Waals surface area (Å²) in [5, 5.41) is 6.84. The molecule has 0 atom stereocenters. The first-order valence-corrected chi connectivity index (χ1v) is 7.48. The predicted octanol–water partition coefficient (Wildman–Crippen LogP) is 2.27. The van der Waals surface area contributed by atoms with Crippen LogP contribution in [0.3, 0.4) is 0 Å². The van der Waals surface area contributed by atoms with Gasteiger partial charge < -0.3 is 10.6 Å². The van der Waals surface area contributed by atoms with Crippen molar-refractivity contribution in [3.63, 3.8) is 0 Å². The average Bonchev–Trinajstić information content (AvgIpc) is 2.32. The second kappa shape index (κ2) is 7.07. The summed E-state index contributed by atoms with van der Waals surface area (Å²) >= 11 is 6.06. The third kappa shape index (κ3) is 3.95. The number of nitrogens with one attached hydrogen (secondary N) is 2. The van der Waals surface area contributed by atoms with Gasteiger partial charge in [0, 0.05) is 29.8 Å². The lowest BCUT2D eigenvalue weighted by Gasteiger charge is -2.37. The summed E-state index contributed by atoms with van der Waals surface area (Å²) in [7, 11) is 0. The highest BCUT2D eigenvalue weighted by Gasteiger charge is 2.25. The number of benzene rings is 1. The van der Waals surface area contributed by atoms with Gasteiger partial charge in [0.1, 0.15) is 0 Å². The van der Waals surface area contributed by atoms with Crippen LogP contribution in [0.4, 0.5) is 5.69 Å². The van der Waals surface area contributed by atoms with Crippen LogP contribution in [0.5, 0.6) is 0 Å². The summed E-state index contributed by atoms with van der Waals surface area (Å²) in [4.78, 5) is 14.4.